The van der Waals surface area contributed by atoms with E-state index in [0.717, 1.165) is 24.4 Å². The highest BCUT2D eigenvalue weighted by Gasteiger charge is 2.29. The van der Waals surface area contributed by atoms with E-state index in [9.17, 15) is 4.79 Å². The monoisotopic (exact) mass is 292 g/mol. The number of hydrogen-bond acceptors (Lipinski definition) is 4. The van der Waals surface area contributed by atoms with Crippen LogP contribution in [0.15, 0.2) is 36.5 Å². The lowest BCUT2D eigenvalue weighted by Gasteiger charge is -2.23. The van der Waals surface area contributed by atoms with Gasteiger partial charge in [0.25, 0.3) is 5.78 Å². The average molecular weight is 292 g/mol. The molecule has 1 unspecified atom stereocenters. The van der Waals surface area contributed by atoms with Crippen LogP contribution >= 0.6 is 0 Å². The van der Waals surface area contributed by atoms with Gasteiger partial charge in [-0.05, 0) is 17.9 Å². The van der Waals surface area contributed by atoms with Crippen molar-refractivity contribution in [2.75, 3.05) is 0 Å². The van der Waals surface area contributed by atoms with Crippen LogP contribution in [-0.4, -0.2) is 25.4 Å². The summed E-state index contributed by atoms with van der Waals surface area (Å²) >= 11 is 0. The molecule has 0 amide bonds. The molecule has 2 aromatic heterocycles. The second kappa shape index (κ2) is 5.02. The Bertz CT molecular complexity index is 854. The summed E-state index contributed by atoms with van der Waals surface area (Å²) in [5.41, 5.74) is 2.82. The van der Waals surface area contributed by atoms with E-state index in [2.05, 4.69) is 27.2 Å². The summed E-state index contributed by atoms with van der Waals surface area (Å²) in [6.07, 6.45) is 3.73. The van der Waals surface area contributed by atoms with Gasteiger partial charge in [0.15, 0.2) is 11.6 Å². The average Bonchev–Trinajstić information content (AvgIpc) is 2.99. The molecule has 5 heteroatoms. The number of carbonyl (C=O) groups excluding carboxylic acids is 1. The highest BCUT2D eigenvalue weighted by atomic mass is 16.1. The van der Waals surface area contributed by atoms with Crippen LogP contribution in [0.2, 0.25) is 0 Å². The summed E-state index contributed by atoms with van der Waals surface area (Å²) < 4.78 is 1.75. The molecule has 0 bridgehead atoms. The Morgan fingerprint density at radius 2 is 2.05 bits per heavy atom. The predicted octanol–water partition coefficient (Wildman–Crippen LogP) is 2.60. The first kappa shape index (κ1) is 13.1. The SMILES string of the molecule is CCc1nc2ncc3c(n2n1)CC(c1ccccc1)CC3=O. The molecule has 0 saturated carbocycles. The largest absolute Gasteiger partial charge is 0.294 e. The summed E-state index contributed by atoms with van der Waals surface area (Å²) in [5.74, 6) is 1.67. The molecule has 1 atom stereocenters. The molecule has 1 aliphatic carbocycles. The fourth-order valence-electron chi connectivity index (χ4n) is 3.10. The van der Waals surface area contributed by atoms with E-state index in [0.29, 0.717) is 17.8 Å². The minimum atomic E-state index is 0.137. The lowest BCUT2D eigenvalue weighted by atomic mass is 9.82. The minimum Gasteiger partial charge on any atom is -0.294 e. The lowest BCUT2D eigenvalue weighted by molar-refractivity contribution is 0.0962. The summed E-state index contributed by atoms with van der Waals surface area (Å²) in [6.45, 7) is 2.01. The quantitative estimate of drug-likeness (QED) is 0.728. The molecule has 0 saturated heterocycles. The number of rotatable bonds is 2. The van der Waals surface area contributed by atoms with Crippen LogP contribution in [0.4, 0.5) is 0 Å². The number of fused-ring (bicyclic) bond motifs is 3. The van der Waals surface area contributed by atoms with E-state index < -0.39 is 0 Å². The number of ketones is 1. The van der Waals surface area contributed by atoms with Crippen molar-refractivity contribution in [1.82, 2.24) is 19.6 Å². The van der Waals surface area contributed by atoms with Crippen molar-refractivity contribution < 1.29 is 4.79 Å². The number of nitrogens with zero attached hydrogens (tertiary/aromatic N) is 4. The molecular formula is C17H16N4O. The molecule has 5 nitrogen and oxygen atoms in total. The van der Waals surface area contributed by atoms with Gasteiger partial charge in [-0.15, -0.1) is 5.10 Å². The zero-order valence-electron chi connectivity index (χ0n) is 12.4. The topological polar surface area (TPSA) is 60.1 Å². The van der Waals surface area contributed by atoms with E-state index in [1.165, 1.54) is 5.56 Å². The number of hydrogen-bond donors (Lipinski definition) is 0. The van der Waals surface area contributed by atoms with Crippen LogP contribution in [0.25, 0.3) is 5.78 Å². The highest BCUT2D eigenvalue weighted by Crippen LogP contribution is 2.32. The Morgan fingerprint density at radius 1 is 1.23 bits per heavy atom. The second-order valence-electron chi connectivity index (χ2n) is 5.65. The van der Waals surface area contributed by atoms with Gasteiger partial charge < -0.3 is 0 Å². The Kier molecular flexibility index (Phi) is 2.99. The van der Waals surface area contributed by atoms with Crippen LogP contribution in [-0.2, 0) is 12.8 Å². The van der Waals surface area contributed by atoms with Crippen molar-refractivity contribution in [3.8, 4) is 0 Å². The van der Waals surface area contributed by atoms with Crippen LogP contribution in [0.1, 0.15) is 46.7 Å². The highest BCUT2D eigenvalue weighted by molar-refractivity contribution is 5.98. The number of Topliss-reactive ketones (excluding diaryl/α,β-unsaturated/α-hetero) is 1. The van der Waals surface area contributed by atoms with Gasteiger partial charge in [-0.2, -0.15) is 4.98 Å². The van der Waals surface area contributed by atoms with E-state index in [-0.39, 0.29) is 11.7 Å². The Morgan fingerprint density at radius 3 is 2.82 bits per heavy atom. The van der Waals surface area contributed by atoms with Crippen molar-refractivity contribution in [3.05, 3.63) is 59.2 Å². The number of aromatic nitrogens is 4. The van der Waals surface area contributed by atoms with Crippen molar-refractivity contribution in [1.29, 1.82) is 0 Å². The van der Waals surface area contributed by atoms with Crippen molar-refractivity contribution in [2.24, 2.45) is 0 Å². The molecule has 3 aromatic rings. The summed E-state index contributed by atoms with van der Waals surface area (Å²) in [5, 5.41) is 4.50. The predicted molar refractivity (Wildman–Crippen MR) is 82.0 cm³/mol. The molecule has 22 heavy (non-hydrogen) atoms. The molecule has 0 N–H and O–H groups in total. The van der Waals surface area contributed by atoms with Gasteiger partial charge in [-0.25, -0.2) is 9.50 Å². The van der Waals surface area contributed by atoms with E-state index in [4.69, 9.17) is 0 Å². The maximum absolute atomic E-state index is 12.5. The zero-order valence-corrected chi connectivity index (χ0v) is 12.4. The molecule has 0 radical (unpaired) electrons. The molecule has 1 aromatic carbocycles. The van der Waals surface area contributed by atoms with E-state index in [1.54, 1.807) is 10.7 Å². The first-order chi connectivity index (χ1) is 10.8. The van der Waals surface area contributed by atoms with Gasteiger partial charge in [-0.3, -0.25) is 4.79 Å². The third-order valence-corrected chi connectivity index (χ3v) is 4.27. The third-order valence-electron chi connectivity index (χ3n) is 4.27. The van der Waals surface area contributed by atoms with E-state index in [1.807, 2.05) is 25.1 Å². The number of carbonyl (C=O) groups is 1. The molecule has 0 spiro atoms. The number of aryl methyl sites for hydroxylation is 1. The maximum Gasteiger partial charge on any atom is 0.252 e. The molecule has 0 aliphatic heterocycles. The van der Waals surface area contributed by atoms with Crippen LogP contribution < -0.4 is 0 Å². The Hall–Kier alpha value is -2.56. The normalized spacial score (nSPS) is 17.7. The molecular weight excluding hydrogens is 276 g/mol. The molecule has 1 aliphatic rings. The van der Waals surface area contributed by atoms with Crippen LogP contribution in [0.5, 0.6) is 0 Å². The second-order valence-corrected chi connectivity index (χ2v) is 5.65. The fourth-order valence-corrected chi connectivity index (χ4v) is 3.10. The first-order valence-corrected chi connectivity index (χ1v) is 7.58. The Balaban J connectivity index is 1.84. The lowest BCUT2D eigenvalue weighted by Crippen LogP contribution is -2.22. The smallest absolute Gasteiger partial charge is 0.252 e. The van der Waals surface area contributed by atoms with Crippen LogP contribution in [0, 0.1) is 0 Å². The maximum atomic E-state index is 12.5. The fraction of sp³-hybridized carbons (Fsp3) is 0.294. The van der Waals surface area contributed by atoms with Crippen molar-refractivity contribution in [3.63, 3.8) is 0 Å². The van der Waals surface area contributed by atoms with E-state index >= 15 is 0 Å². The van der Waals surface area contributed by atoms with Gasteiger partial charge in [0, 0.05) is 19.0 Å². The van der Waals surface area contributed by atoms with Gasteiger partial charge in [0.1, 0.15) is 0 Å². The van der Waals surface area contributed by atoms with Gasteiger partial charge in [0.2, 0.25) is 0 Å². The molecule has 2 heterocycles. The Labute approximate surface area is 128 Å². The zero-order chi connectivity index (χ0) is 15.1. The molecule has 4 rings (SSSR count). The number of benzene rings is 1. The minimum absolute atomic E-state index is 0.137. The van der Waals surface area contributed by atoms with Gasteiger partial charge in [-0.1, -0.05) is 37.3 Å². The third kappa shape index (κ3) is 2.01. The van der Waals surface area contributed by atoms with Crippen molar-refractivity contribution in [2.45, 2.75) is 32.1 Å². The summed E-state index contributed by atoms with van der Waals surface area (Å²) in [7, 11) is 0. The molecule has 0 fully saturated rings. The summed E-state index contributed by atoms with van der Waals surface area (Å²) in [6, 6.07) is 10.2. The standard InChI is InChI=1S/C17H16N4O/c1-2-16-19-17-18-10-13-14(21(17)20-16)8-12(9-15(13)22)11-6-4-3-5-7-11/h3-7,10,12H,2,8-9H2,1H3. The van der Waals surface area contributed by atoms with Gasteiger partial charge >= 0.3 is 0 Å². The molecule has 110 valence electrons. The summed E-state index contributed by atoms with van der Waals surface area (Å²) in [4.78, 5) is 21.2. The first-order valence-electron chi connectivity index (χ1n) is 7.58. The van der Waals surface area contributed by atoms with Crippen LogP contribution in [0.3, 0.4) is 0 Å². The van der Waals surface area contributed by atoms with Gasteiger partial charge in [0.05, 0.1) is 11.3 Å². The van der Waals surface area contributed by atoms with Crippen molar-refractivity contribution >= 4 is 11.6 Å².